The van der Waals surface area contributed by atoms with Crippen molar-refractivity contribution in [3.63, 3.8) is 0 Å². The molecule has 1 saturated heterocycles. The number of aromatic nitrogens is 1. The molecule has 0 bridgehead atoms. The number of anilines is 2. The van der Waals surface area contributed by atoms with Crippen LogP contribution in [0, 0.1) is 17.2 Å². The summed E-state index contributed by atoms with van der Waals surface area (Å²) in [5.41, 5.74) is 4.00. The van der Waals surface area contributed by atoms with E-state index >= 15 is 0 Å². The smallest absolute Gasteiger partial charge is 0.258 e. The number of nitriles is 1. The minimum absolute atomic E-state index is 0.260. The Morgan fingerprint density at radius 3 is 2.38 bits per heavy atom. The first kappa shape index (κ1) is 31.6. The number of benzene rings is 1. The molecule has 3 rings (SSSR count). The maximum absolute atomic E-state index is 13.2. The highest BCUT2D eigenvalue weighted by Gasteiger charge is 2.23. The number of hydrogen-bond donors (Lipinski definition) is 2. The van der Waals surface area contributed by atoms with Gasteiger partial charge >= 0.3 is 0 Å². The molecule has 0 radical (unpaired) electrons. The number of nitrogens with one attached hydrogen (secondary N) is 2. The first-order chi connectivity index (χ1) is 17.9. The second-order valence-corrected chi connectivity index (χ2v) is 8.68. The minimum Gasteiger partial charge on any atom is -0.359 e. The fraction of sp³-hybridized carbons (Fsp3) is 0.452. The number of allylic oxidation sites excluding steroid dienone is 2. The second-order valence-electron chi connectivity index (χ2n) is 8.68. The van der Waals surface area contributed by atoms with Crippen molar-refractivity contribution >= 4 is 23.5 Å². The zero-order valence-corrected chi connectivity index (χ0v) is 23.8. The fourth-order valence-electron chi connectivity index (χ4n) is 4.03. The third kappa shape index (κ3) is 9.86. The highest BCUT2D eigenvalue weighted by Crippen LogP contribution is 2.28. The Morgan fingerprint density at radius 2 is 1.84 bits per heavy atom. The van der Waals surface area contributed by atoms with Gasteiger partial charge in [-0.15, -0.1) is 0 Å². The number of likely N-dealkylation sites (tertiary alicyclic amines) is 1. The van der Waals surface area contributed by atoms with Crippen molar-refractivity contribution in [1.82, 2.24) is 9.88 Å². The zero-order chi connectivity index (χ0) is 27.8. The first-order valence-corrected chi connectivity index (χ1v) is 13.6. The number of carbonyl (C=O) groups is 1. The molecule has 200 valence electrons. The molecule has 6 nitrogen and oxygen atoms in total. The average Bonchev–Trinajstić information content (AvgIpc) is 2.95. The number of pyridine rings is 1. The molecular formula is C31H45N5O. The Hall–Kier alpha value is -3.43. The molecule has 2 heterocycles. The quantitative estimate of drug-likeness (QED) is 0.364. The summed E-state index contributed by atoms with van der Waals surface area (Å²) in [5.74, 6) is 0.599. The average molecular weight is 504 g/mol. The molecule has 0 atom stereocenters. The number of hydrogen-bond acceptors (Lipinski definition) is 5. The third-order valence-electron chi connectivity index (χ3n) is 6.16. The SMILES string of the molecule is C=C(Nc1ccc(/C=C\C#N)cc1C(=O)Nc1ccc(CC)cn1)C1CCN(C(C)C)CC1.CC.CC. The summed E-state index contributed by atoms with van der Waals surface area (Å²) in [6.07, 6.45) is 7.83. The highest BCUT2D eigenvalue weighted by molar-refractivity contribution is 6.08. The number of carbonyl (C=O) groups excluding carboxylic acids is 1. The predicted molar refractivity (Wildman–Crippen MR) is 158 cm³/mol. The van der Waals surface area contributed by atoms with E-state index in [4.69, 9.17) is 5.26 Å². The molecule has 1 aliphatic heterocycles. The molecular weight excluding hydrogens is 458 g/mol. The maximum Gasteiger partial charge on any atom is 0.258 e. The Morgan fingerprint density at radius 1 is 1.16 bits per heavy atom. The topological polar surface area (TPSA) is 81.0 Å². The second kappa shape index (κ2) is 17.1. The molecule has 1 amide bonds. The summed E-state index contributed by atoms with van der Waals surface area (Å²) in [7, 11) is 0. The van der Waals surface area contributed by atoms with Gasteiger partial charge in [-0.1, -0.05) is 53.3 Å². The van der Waals surface area contributed by atoms with Crippen molar-refractivity contribution in [2.75, 3.05) is 23.7 Å². The van der Waals surface area contributed by atoms with Gasteiger partial charge in [0.1, 0.15) is 5.82 Å². The van der Waals surface area contributed by atoms with Crippen LogP contribution in [0.2, 0.25) is 0 Å². The Labute approximate surface area is 224 Å². The molecule has 0 saturated carbocycles. The fourth-order valence-corrected chi connectivity index (χ4v) is 4.03. The van der Waals surface area contributed by atoms with Gasteiger partial charge in [0.15, 0.2) is 0 Å². The van der Waals surface area contributed by atoms with Crippen LogP contribution in [0.1, 0.15) is 82.8 Å². The summed E-state index contributed by atoms with van der Waals surface area (Å²) in [5, 5.41) is 15.2. The molecule has 37 heavy (non-hydrogen) atoms. The van der Waals surface area contributed by atoms with Crippen molar-refractivity contribution in [1.29, 1.82) is 5.26 Å². The van der Waals surface area contributed by atoms with Crippen molar-refractivity contribution in [2.24, 2.45) is 5.92 Å². The monoisotopic (exact) mass is 503 g/mol. The molecule has 2 aromatic rings. The summed E-state index contributed by atoms with van der Waals surface area (Å²) < 4.78 is 0. The van der Waals surface area contributed by atoms with Crippen molar-refractivity contribution < 1.29 is 4.79 Å². The molecule has 1 aromatic carbocycles. The van der Waals surface area contributed by atoms with E-state index in [0.717, 1.165) is 49.2 Å². The van der Waals surface area contributed by atoms with Gasteiger partial charge in [0.25, 0.3) is 5.91 Å². The van der Waals surface area contributed by atoms with E-state index in [-0.39, 0.29) is 5.91 Å². The van der Waals surface area contributed by atoms with Crippen molar-refractivity contribution in [3.8, 4) is 6.07 Å². The standard InChI is InChI=1S/C27H33N5O.2C2H6/c1-5-21-9-11-26(29-18-21)31-27(33)24-17-22(7-6-14-28)8-10-25(24)30-20(4)23-12-15-32(16-13-23)19(2)3;2*1-2/h6-11,17-19,23,30H,4-5,12-13,15-16H2,1-3H3,(H,29,31,33);2*1-2H3/b7-6-;;. The molecule has 0 spiro atoms. The lowest BCUT2D eigenvalue weighted by Crippen LogP contribution is -2.39. The third-order valence-corrected chi connectivity index (χ3v) is 6.16. The molecule has 0 unspecified atom stereocenters. The van der Waals surface area contributed by atoms with Crippen LogP contribution in [0.5, 0.6) is 0 Å². The number of rotatable bonds is 8. The largest absolute Gasteiger partial charge is 0.359 e. The zero-order valence-electron chi connectivity index (χ0n) is 23.8. The summed E-state index contributed by atoms with van der Waals surface area (Å²) in [6.45, 7) is 20.9. The van der Waals surface area contributed by atoms with Gasteiger partial charge in [-0.05, 0) is 81.6 Å². The highest BCUT2D eigenvalue weighted by atomic mass is 16.1. The number of aryl methyl sites for hydroxylation is 1. The lowest BCUT2D eigenvalue weighted by atomic mass is 9.93. The number of nitrogens with zero attached hydrogens (tertiary/aromatic N) is 3. The van der Waals surface area contributed by atoms with Gasteiger partial charge in [0, 0.05) is 29.9 Å². The van der Waals surface area contributed by atoms with Gasteiger partial charge in [0.2, 0.25) is 0 Å². The van der Waals surface area contributed by atoms with E-state index in [1.54, 1.807) is 18.3 Å². The summed E-state index contributed by atoms with van der Waals surface area (Å²) in [4.78, 5) is 20.0. The van der Waals surface area contributed by atoms with E-state index in [2.05, 4.69) is 47.9 Å². The van der Waals surface area contributed by atoms with E-state index in [1.807, 2.05) is 58.0 Å². The normalized spacial score (nSPS) is 13.6. The van der Waals surface area contributed by atoms with Crippen LogP contribution in [0.4, 0.5) is 11.5 Å². The van der Waals surface area contributed by atoms with Crippen molar-refractivity contribution in [3.05, 3.63) is 71.6 Å². The first-order valence-electron chi connectivity index (χ1n) is 13.6. The lowest BCUT2D eigenvalue weighted by molar-refractivity contribution is 0.102. The predicted octanol–water partition coefficient (Wildman–Crippen LogP) is 7.53. The van der Waals surface area contributed by atoms with Crippen LogP contribution in [0.3, 0.4) is 0 Å². The Kier molecular flexibility index (Phi) is 14.6. The van der Waals surface area contributed by atoms with Gasteiger partial charge in [-0.2, -0.15) is 5.26 Å². The molecule has 2 N–H and O–H groups in total. The number of amides is 1. The van der Waals surface area contributed by atoms with Gasteiger partial charge in [-0.3, -0.25) is 4.79 Å². The molecule has 6 heteroatoms. The molecule has 1 aliphatic rings. The van der Waals surface area contributed by atoms with Gasteiger partial charge < -0.3 is 15.5 Å². The molecule has 1 fully saturated rings. The Balaban J connectivity index is 0.00000163. The van der Waals surface area contributed by atoms with Gasteiger partial charge in [0.05, 0.1) is 17.3 Å². The Bertz CT molecular complexity index is 1040. The van der Waals surface area contributed by atoms with Crippen molar-refractivity contribution in [2.45, 2.75) is 73.8 Å². The molecule has 0 aliphatic carbocycles. The van der Waals surface area contributed by atoms with Crippen LogP contribution < -0.4 is 10.6 Å². The van der Waals surface area contributed by atoms with Crippen LogP contribution in [-0.2, 0) is 6.42 Å². The number of piperidine rings is 1. The summed E-state index contributed by atoms with van der Waals surface area (Å²) in [6, 6.07) is 11.8. The summed E-state index contributed by atoms with van der Waals surface area (Å²) >= 11 is 0. The maximum atomic E-state index is 13.2. The van der Waals surface area contributed by atoms with E-state index < -0.39 is 0 Å². The van der Waals surface area contributed by atoms with Crippen LogP contribution in [0.15, 0.2) is 54.9 Å². The van der Waals surface area contributed by atoms with Gasteiger partial charge in [-0.25, -0.2) is 4.98 Å². The van der Waals surface area contributed by atoms with E-state index in [9.17, 15) is 4.79 Å². The van der Waals surface area contributed by atoms with Crippen LogP contribution in [-0.4, -0.2) is 34.9 Å². The molecule has 1 aromatic heterocycles. The van der Waals surface area contributed by atoms with Crippen LogP contribution >= 0.6 is 0 Å². The van der Waals surface area contributed by atoms with E-state index in [0.29, 0.717) is 29.0 Å². The minimum atomic E-state index is -0.260. The lowest BCUT2D eigenvalue weighted by Gasteiger charge is -2.35. The van der Waals surface area contributed by atoms with Crippen LogP contribution in [0.25, 0.3) is 6.08 Å². The van der Waals surface area contributed by atoms with E-state index in [1.165, 1.54) is 6.08 Å².